The topological polar surface area (TPSA) is 101 Å². The smallest absolute Gasteiger partial charge is 0.314 e. The fourth-order valence-corrected chi connectivity index (χ4v) is 2.04. The minimum Gasteiger partial charge on any atom is -0.366 e. The van der Waals surface area contributed by atoms with Gasteiger partial charge in [0.2, 0.25) is 0 Å². The van der Waals surface area contributed by atoms with Gasteiger partial charge in [0.15, 0.2) is 0 Å². The Bertz CT molecular complexity index is 784. The van der Waals surface area contributed by atoms with Gasteiger partial charge >= 0.3 is 11.8 Å². The van der Waals surface area contributed by atoms with Gasteiger partial charge in [-0.1, -0.05) is 24.3 Å². The highest BCUT2D eigenvalue weighted by Gasteiger charge is 2.17. The predicted molar refractivity (Wildman–Crippen MR) is 88.1 cm³/mol. The van der Waals surface area contributed by atoms with Gasteiger partial charge in [-0.25, -0.2) is 0 Å². The van der Waals surface area contributed by atoms with Crippen molar-refractivity contribution in [3.63, 3.8) is 0 Å². The Balaban J connectivity index is 2.14. The van der Waals surface area contributed by atoms with E-state index in [-0.39, 0.29) is 11.3 Å². The van der Waals surface area contributed by atoms with E-state index in [4.69, 9.17) is 5.73 Å². The molecule has 0 heterocycles. The third-order valence-electron chi connectivity index (χ3n) is 3.29. The average molecular weight is 311 g/mol. The Hall–Kier alpha value is -3.15. The van der Waals surface area contributed by atoms with Crippen LogP contribution >= 0.6 is 0 Å². The number of primary amides is 1. The van der Waals surface area contributed by atoms with Crippen LogP contribution in [-0.2, 0) is 9.59 Å². The van der Waals surface area contributed by atoms with Crippen molar-refractivity contribution >= 4 is 29.1 Å². The van der Waals surface area contributed by atoms with Crippen molar-refractivity contribution in [3.05, 3.63) is 59.2 Å². The maximum absolute atomic E-state index is 12.0. The highest BCUT2D eigenvalue weighted by Crippen LogP contribution is 2.17. The second-order valence-corrected chi connectivity index (χ2v) is 5.14. The van der Waals surface area contributed by atoms with Crippen molar-refractivity contribution in [2.45, 2.75) is 13.8 Å². The van der Waals surface area contributed by atoms with Gasteiger partial charge in [0.1, 0.15) is 0 Å². The van der Waals surface area contributed by atoms with Crippen LogP contribution in [0.15, 0.2) is 42.5 Å². The van der Waals surface area contributed by atoms with E-state index in [9.17, 15) is 14.4 Å². The molecule has 0 bridgehead atoms. The van der Waals surface area contributed by atoms with Crippen molar-refractivity contribution in [2.75, 3.05) is 10.6 Å². The molecule has 0 aromatic heterocycles. The third kappa shape index (κ3) is 3.94. The summed E-state index contributed by atoms with van der Waals surface area (Å²) < 4.78 is 0. The molecule has 6 heteroatoms. The maximum atomic E-state index is 12.0. The zero-order valence-corrected chi connectivity index (χ0v) is 12.8. The molecule has 0 atom stereocenters. The van der Waals surface area contributed by atoms with Gasteiger partial charge in [0, 0.05) is 5.69 Å². The number of aryl methyl sites for hydroxylation is 2. The second-order valence-electron chi connectivity index (χ2n) is 5.14. The first kappa shape index (κ1) is 16.2. The van der Waals surface area contributed by atoms with Gasteiger partial charge in [0.25, 0.3) is 5.91 Å². The van der Waals surface area contributed by atoms with E-state index in [1.165, 1.54) is 12.1 Å². The number of anilines is 2. The summed E-state index contributed by atoms with van der Waals surface area (Å²) >= 11 is 0. The molecule has 0 radical (unpaired) electrons. The highest BCUT2D eigenvalue weighted by atomic mass is 16.2. The van der Waals surface area contributed by atoms with Crippen LogP contribution in [0.25, 0.3) is 0 Å². The zero-order valence-electron chi connectivity index (χ0n) is 12.8. The van der Waals surface area contributed by atoms with Crippen LogP contribution in [0.4, 0.5) is 11.4 Å². The second kappa shape index (κ2) is 6.74. The number of hydrogen-bond donors (Lipinski definition) is 3. The van der Waals surface area contributed by atoms with E-state index in [0.29, 0.717) is 5.69 Å². The normalized spacial score (nSPS) is 10.0. The molecule has 23 heavy (non-hydrogen) atoms. The minimum absolute atomic E-state index is 0.139. The number of benzene rings is 2. The molecule has 2 rings (SSSR count). The predicted octanol–water partition coefficient (Wildman–Crippen LogP) is 1.98. The number of para-hydroxylation sites is 1. The number of carbonyl (C=O) groups excluding carboxylic acids is 3. The summed E-state index contributed by atoms with van der Waals surface area (Å²) in [5.41, 5.74) is 7.94. The Morgan fingerprint density at radius 3 is 2.13 bits per heavy atom. The Morgan fingerprint density at radius 2 is 1.48 bits per heavy atom. The highest BCUT2D eigenvalue weighted by molar-refractivity contribution is 6.44. The maximum Gasteiger partial charge on any atom is 0.314 e. The first-order valence-electron chi connectivity index (χ1n) is 6.97. The lowest BCUT2D eigenvalue weighted by Gasteiger charge is -2.11. The molecule has 0 aliphatic rings. The molecule has 2 aromatic carbocycles. The van der Waals surface area contributed by atoms with Crippen molar-refractivity contribution in [1.29, 1.82) is 0 Å². The molecule has 0 saturated heterocycles. The molecular weight excluding hydrogens is 294 g/mol. The lowest BCUT2D eigenvalue weighted by Crippen LogP contribution is -2.30. The van der Waals surface area contributed by atoms with E-state index < -0.39 is 17.7 Å². The first-order valence-corrected chi connectivity index (χ1v) is 6.97. The summed E-state index contributed by atoms with van der Waals surface area (Å²) in [6.45, 7) is 3.72. The Morgan fingerprint density at radius 1 is 0.870 bits per heavy atom. The van der Waals surface area contributed by atoms with Crippen LogP contribution < -0.4 is 16.4 Å². The van der Waals surface area contributed by atoms with E-state index in [2.05, 4.69) is 10.6 Å². The van der Waals surface area contributed by atoms with E-state index >= 15 is 0 Å². The number of hydrogen-bond acceptors (Lipinski definition) is 3. The number of amides is 3. The Kier molecular flexibility index (Phi) is 4.75. The first-order chi connectivity index (χ1) is 10.9. The summed E-state index contributed by atoms with van der Waals surface area (Å²) in [7, 11) is 0. The average Bonchev–Trinajstić information content (AvgIpc) is 2.51. The minimum atomic E-state index is -0.875. The molecule has 0 fully saturated rings. The molecule has 118 valence electrons. The summed E-state index contributed by atoms with van der Waals surface area (Å²) in [5.74, 6) is -2.38. The summed E-state index contributed by atoms with van der Waals surface area (Å²) in [5, 5.41) is 4.95. The number of carbonyl (C=O) groups is 3. The van der Waals surface area contributed by atoms with Gasteiger partial charge in [0.05, 0.1) is 11.3 Å². The molecular formula is C17H17N3O3. The van der Waals surface area contributed by atoms with Crippen molar-refractivity contribution in [2.24, 2.45) is 5.73 Å². The van der Waals surface area contributed by atoms with Gasteiger partial charge in [-0.2, -0.15) is 0 Å². The fraction of sp³-hybridized carbons (Fsp3) is 0.118. The zero-order chi connectivity index (χ0) is 17.0. The van der Waals surface area contributed by atoms with Crippen LogP contribution in [-0.4, -0.2) is 17.7 Å². The van der Waals surface area contributed by atoms with Gasteiger partial charge in [-0.05, 0) is 43.2 Å². The number of nitrogens with one attached hydrogen (secondary N) is 2. The van der Waals surface area contributed by atoms with Gasteiger partial charge < -0.3 is 16.4 Å². The SMILES string of the molecule is Cc1ccc(C)c(NC(=O)C(=O)Nc2ccccc2C(N)=O)c1. The largest absolute Gasteiger partial charge is 0.366 e. The van der Waals surface area contributed by atoms with Crippen molar-refractivity contribution in [3.8, 4) is 0 Å². The van der Waals surface area contributed by atoms with Crippen molar-refractivity contribution < 1.29 is 14.4 Å². The summed E-state index contributed by atoms with van der Waals surface area (Å²) in [6, 6.07) is 11.8. The van der Waals surface area contributed by atoms with Crippen molar-refractivity contribution in [1.82, 2.24) is 0 Å². The molecule has 6 nitrogen and oxygen atoms in total. The van der Waals surface area contributed by atoms with Crippen LogP contribution in [0.1, 0.15) is 21.5 Å². The van der Waals surface area contributed by atoms with Crippen LogP contribution in [0.2, 0.25) is 0 Å². The number of rotatable bonds is 3. The number of nitrogens with two attached hydrogens (primary N) is 1. The third-order valence-corrected chi connectivity index (χ3v) is 3.29. The van der Waals surface area contributed by atoms with Gasteiger partial charge in [-0.15, -0.1) is 0 Å². The molecule has 2 aromatic rings. The molecule has 3 amide bonds. The standard InChI is InChI=1S/C17H17N3O3/c1-10-7-8-11(2)14(9-10)20-17(23)16(22)19-13-6-4-3-5-12(13)15(18)21/h3-9H,1-2H3,(H2,18,21)(H,19,22)(H,20,23). The monoisotopic (exact) mass is 311 g/mol. The van der Waals surface area contributed by atoms with Crippen LogP contribution in [0.5, 0.6) is 0 Å². The molecule has 0 unspecified atom stereocenters. The lowest BCUT2D eigenvalue weighted by molar-refractivity contribution is -0.133. The van der Waals surface area contributed by atoms with E-state index in [1.54, 1.807) is 18.2 Å². The fourth-order valence-electron chi connectivity index (χ4n) is 2.04. The molecule has 0 aliphatic carbocycles. The molecule has 0 aliphatic heterocycles. The van der Waals surface area contributed by atoms with Gasteiger partial charge in [-0.3, -0.25) is 14.4 Å². The van der Waals surface area contributed by atoms with Crippen LogP contribution in [0.3, 0.4) is 0 Å². The molecule has 0 saturated carbocycles. The van der Waals surface area contributed by atoms with Crippen LogP contribution in [0, 0.1) is 13.8 Å². The molecule has 4 N–H and O–H groups in total. The Labute approximate surface area is 133 Å². The van der Waals surface area contributed by atoms with E-state index in [1.807, 2.05) is 26.0 Å². The lowest BCUT2D eigenvalue weighted by atomic mass is 10.1. The summed E-state index contributed by atoms with van der Waals surface area (Å²) in [6.07, 6.45) is 0. The summed E-state index contributed by atoms with van der Waals surface area (Å²) in [4.78, 5) is 35.4. The quantitative estimate of drug-likeness (QED) is 0.755. The molecule has 0 spiro atoms. The van der Waals surface area contributed by atoms with E-state index in [0.717, 1.165) is 11.1 Å².